The molecule has 164 valence electrons. The number of phenols is 1. The summed E-state index contributed by atoms with van der Waals surface area (Å²) in [6.07, 6.45) is 23.0. The molecule has 0 atom stereocenters. The van der Waals surface area contributed by atoms with Gasteiger partial charge in [-0.1, -0.05) is 62.6 Å². The van der Waals surface area contributed by atoms with Gasteiger partial charge in [0.25, 0.3) is 0 Å². The number of carbonyl (C=O) groups is 2. The second-order valence-electron chi connectivity index (χ2n) is 7.19. The maximum absolute atomic E-state index is 12.0. The van der Waals surface area contributed by atoms with Crippen LogP contribution in [-0.4, -0.2) is 22.1 Å². The lowest BCUT2D eigenvalue weighted by molar-refractivity contribution is -0.116. The molecule has 5 heteroatoms. The fourth-order valence-electron chi connectivity index (χ4n) is 2.91. The molecule has 0 saturated carbocycles. The zero-order valence-electron chi connectivity index (χ0n) is 18.0. The molecule has 0 spiro atoms. The van der Waals surface area contributed by atoms with Crippen LogP contribution in [0.2, 0.25) is 0 Å². The largest absolute Gasteiger partial charge is 0.507 e. The zero-order valence-corrected chi connectivity index (χ0v) is 18.0. The van der Waals surface area contributed by atoms with Crippen molar-refractivity contribution < 1.29 is 19.8 Å². The number of allylic oxidation sites excluding steroid dienone is 6. The smallest absolute Gasteiger partial charge is 0.339 e. The second-order valence-corrected chi connectivity index (χ2v) is 7.19. The van der Waals surface area contributed by atoms with Crippen molar-refractivity contribution in [3.05, 3.63) is 60.2 Å². The van der Waals surface area contributed by atoms with Crippen molar-refractivity contribution in [2.75, 3.05) is 5.32 Å². The molecule has 0 unspecified atom stereocenters. The molecule has 0 aliphatic heterocycles. The number of carboxylic acid groups (broad SMARTS) is 1. The fourth-order valence-corrected chi connectivity index (χ4v) is 2.91. The van der Waals surface area contributed by atoms with Crippen LogP contribution < -0.4 is 5.32 Å². The van der Waals surface area contributed by atoms with Crippen molar-refractivity contribution in [3.63, 3.8) is 0 Å². The lowest BCUT2D eigenvalue weighted by Gasteiger charge is -2.07. The number of nitrogens with one attached hydrogen (secondary N) is 1. The molecule has 0 heterocycles. The number of unbranched alkanes of at least 4 members (excludes halogenated alkanes) is 5. The Morgan fingerprint density at radius 1 is 0.900 bits per heavy atom. The average molecular weight is 414 g/mol. The van der Waals surface area contributed by atoms with Crippen LogP contribution >= 0.6 is 0 Å². The number of carboxylic acids is 1. The standard InChI is InChI=1S/C25H35NO4/c1-2-3-4-5-6-7-8-9-10-11-12-13-14-15-16-17-24(28)26-21-18-19-23(27)22(20-21)25(29)30/h3-4,6-7,9-10,18-20,27H,2,5,8,11-17H2,1H3,(H,26,28)(H,29,30)/b4-3-,7-6-,10-9-. The number of hydrogen-bond acceptors (Lipinski definition) is 3. The Kier molecular flexibility index (Phi) is 13.5. The quantitative estimate of drug-likeness (QED) is 0.171. The normalized spacial score (nSPS) is 11.6. The Morgan fingerprint density at radius 2 is 1.53 bits per heavy atom. The van der Waals surface area contributed by atoms with Gasteiger partial charge in [-0.3, -0.25) is 4.79 Å². The molecule has 30 heavy (non-hydrogen) atoms. The highest BCUT2D eigenvalue weighted by Crippen LogP contribution is 2.21. The maximum atomic E-state index is 12.0. The highest BCUT2D eigenvalue weighted by Gasteiger charge is 2.11. The predicted octanol–water partition coefficient (Wildman–Crippen LogP) is 6.62. The maximum Gasteiger partial charge on any atom is 0.339 e. The van der Waals surface area contributed by atoms with Crippen LogP contribution in [0.25, 0.3) is 0 Å². The number of aromatic hydroxyl groups is 1. The van der Waals surface area contributed by atoms with Gasteiger partial charge < -0.3 is 15.5 Å². The van der Waals surface area contributed by atoms with Crippen molar-refractivity contribution in [1.82, 2.24) is 0 Å². The number of anilines is 1. The molecule has 0 aliphatic carbocycles. The summed E-state index contributed by atoms with van der Waals surface area (Å²) in [6.45, 7) is 2.14. The van der Waals surface area contributed by atoms with Gasteiger partial charge in [-0.15, -0.1) is 0 Å². The molecule has 1 aromatic rings. The zero-order chi connectivity index (χ0) is 22.0. The highest BCUT2D eigenvalue weighted by atomic mass is 16.4. The molecule has 1 amide bonds. The van der Waals surface area contributed by atoms with Crippen LogP contribution in [0.5, 0.6) is 5.75 Å². The topological polar surface area (TPSA) is 86.6 Å². The molecule has 0 saturated heterocycles. The third kappa shape index (κ3) is 11.9. The third-order valence-corrected chi connectivity index (χ3v) is 4.57. The van der Waals surface area contributed by atoms with Gasteiger partial charge in [0.2, 0.25) is 5.91 Å². The van der Waals surface area contributed by atoms with Crippen molar-refractivity contribution in [2.45, 2.75) is 71.1 Å². The first kappa shape index (κ1) is 25.2. The monoisotopic (exact) mass is 413 g/mol. The van der Waals surface area contributed by atoms with E-state index in [2.05, 4.69) is 48.7 Å². The highest BCUT2D eigenvalue weighted by molar-refractivity contribution is 5.95. The van der Waals surface area contributed by atoms with E-state index in [4.69, 9.17) is 5.11 Å². The lowest BCUT2D eigenvalue weighted by atomic mass is 10.1. The van der Waals surface area contributed by atoms with E-state index in [-0.39, 0.29) is 17.2 Å². The fraction of sp³-hybridized carbons (Fsp3) is 0.440. The van der Waals surface area contributed by atoms with Gasteiger partial charge in [0.05, 0.1) is 0 Å². The number of amides is 1. The molecular weight excluding hydrogens is 378 g/mol. The second kappa shape index (κ2) is 16.0. The first-order valence-electron chi connectivity index (χ1n) is 10.9. The van der Waals surface area contributed by atoms with Crippen LogP contribution in [0.3, 0.4) is 0 Å². The summed E-state index contributed by atoms with van der Waals surface area (Å²) < 4.78 is 0. The lowest BCUT2D eigenvalue weighted by Crippen LogP contribution is -2.11. The number of carbonyl (C=O) groups excluding carboxylic acids is 1. The summed E-state index contributed by atoms with van der Waals surface area (Å²) in [4.78, 5) is 23.0. The van der Waals surface area contributed by atoms with E-state index in [1.165, 1.54) is 18.2 Å². The minimum absolute atomic E-state index is 0.141. The van der Waals surface area contributed by atoms with Crippen molar-refractivity contribution in [1.29, 1.82) is 0 Å². The molecule has 0 aliphatic rings. The number of rotatable bonds is 15. The van der Waals surface area contributed by atoms with Crippen molar-refractivity contribution in [3.8, 4) is 5.75 Å². The summed E-state index contributed by atoms with van der Waals surface area (Å²) in [5.74, 6) is -1.68. The van der Waals surface area contributed by atoms with Gasteiger partial charge in [0.1, 0.15) is 11.3 Å². The van der Waals surface area contributed by atoms with Crippen LogP contribution in [-0.2, 0) is 4.79 Å². The van der Waals surface area contributed by atoms with Crippen LogP contribution in [0, 0.1) is 0 Å². The van der Waals surface area contributed by atoms with E-state index in [0.717, 1.165) is 57.8 Å². The van der Waals surface area contributed by atoms with Gasteiger partial charge in [-0.05, 0) is 56.7 Å². The molecule has 1 rings (SSSR count). The minimum atomic E-state index is -1.23. The average Bonchev–Trinajstić information content (AvgIpc) is 2.72. The van der Waals surface area contributed by atoms with Crippen LogP contribution in [0.1, 0.15) is 81.5 Å². The minimum Gasteiger partial charge on any atom is -0.507 e. The van der Waals surface area contributed by atoms with E-state index in [9.17, 15) is 14.7 Å². The molecule has 0 aromatic heterocycles. The third-order valence-electron chi connectivity index (χ3n) is 4.57. The Morgan fingerprint density at radius 3 is 2.23 bits per heavy atom. The van der Waals surface area contributed by atoms with Gasteiger partial charge in [-0.25, -0.2) is 4.79 Å². The Labute approximate surface area is 180 Å². The Balaban J connectivity index is 2.06. The predicted molar refractivity (Wildman–Crippen MR) is 123 cm³/mol. The summed E-state index contributed by atoms with van der Waals surface area (Å²) >= 11 is 0. The molecule has 1 aromatic carbocycles. The summed E-state index contributed by atoms with van der Waals surface area (Å²) in [6, 6.07) is 4.03. The Hall–Kier alpha value is -2.82. The number of aromatic carboxylic acids is 1. The molecule has 0 radical (unpaired) electrons. The van der Waals surface area contributed by atoms with Crippen molar-refractivity contribution >= 4 is 17.6 Å². The molecule has 3 N–H and O–H groups in total. The molecule has 0 fully saturated rings. The summed E-state index contributed by atoms with van der Waals surface area (Å²) in [7, 11) is 0. The van der Waals surface area contributed by atoms with Gasteiger partial charge in [0, 0.05) is 12.1 Å². The van der Waals surface area contributed by atoms with E-state index < -0.39 is 5.97 Å². The van der Waals surface area contributed by atoms with E-state index in [1.807, 2.05) is 0 Å². The first-order chi connectivity index (χ1) is 14.5. The van der Waals surface area contributed by atoms with E-state index in [0.29, 0.717) is 12.1 Å². The SMILES string of the molecule is CC/C=C\C/C=C\C/C=C\CCCCCCCC(=O)Nc1ccc(O)c(C(=O)O)c1. The Bertz CT molecular complexity index is 735. The summed E-state index contributed by atoms with van der Waals surface area (Å²) in [5, 5.41) is 21.2. The summed E-state index contributed by atoms with van der Waals surface area (Å²) in [5.41, 5.74) is 0.163. The van der Waals surface area contributed by atoms with E-state index in [1.54, 1.807) is 0 Å². The van der Waals surface area contributed by atoms with E-state index >= 15 is 0 Å². The van der Waals surface area contributed by atoms with Gasteiger partial charge in [0.15, 0.2) is 0 Å². The molecule has 5 nitrogen and oxygen atoms in total. The van der Waals surface area contributed by atoms with Crippen LogP contribution in [0.4, 0.5) is 5.69 Å². The number of benzene rings is 1. The van der Waals surface area contributed by atoms with Crippen LogP contribution in [0.15, 0.2) is 54.7 Å². The first-order valence-corrected chi connectivity index (χ1v) is 10.9. The molecule has 0 bridgehead atoms. The van der Waals surface area contributed by atoms with Crippen molar-refractivity contribution in [2.24, 2.45) is 0 Å². The van der Waals surface area contributed by atoms with Gasteiger partial charge >= 0.3 is 5.97 Å². The number of hydrogen-bond donors (Lipinski definition) is 3. The van der Waals surface area contributed by atoms with Gasteiger partial charge in [-0.2, -0.15) is 0 Å². The molecular formula is C25H35NO4.